The molecule has 0 bridgehead atoms. The summed E-state index contributed by atoms with van der Waals surface area (Å²) in [5, 5.41) is 5.85. The van der Waals surface area contributed by atoms with Crippen LogP contribution in [0.4, 0.5) is 16.2 Å². The standard InChI is InChI=1S/C17H24N4O2.ClH/c18-13-8-7-12(11-13)16(22)19-14-5-1-2-6-15(14)20-17(23)21-9-3-4-10-21;/h1-2,5-6,12-13H,3-4,7-11,18H2,(H,19,22)(H,20,23);1H. The van der Waals surface area contributed by atoms with E-state index in [1.165, 1.54) is 0 Å². The minimum atomic E-state index is -0.105. The van der Waals surface area contributed by atoms with E-state index in [1.54, 1.807) is 4.90 Å². The zero-order valence-corrected chi connectivity index (χ0v) is 14.5. The van der Waals surface area contributed by atoms with Gasteiger partial charge in [0.05, 0.1) is 11.4 Å². The molecule has 2 fully saturated rings. The molecule has 1 aromatic carbocycles. The maximum Gasteiger partial charge on any atom is 0.321 e. The van der Waals surface area contributed by atoms with Crippen LogP contribution >= 0.6 is 12.4 Å². The van der Waals surface area contributed by atoms with Gasteiger partial charge in [0.15, 0.2) is 0 Å². The highest BCUT2D eigenvalue weighted by Crippen LogP contribution is 2.28. The van der Waals surface area contributed by atoms with Crippen molar-refractivity contribution in [2.75, 3.05) is 23.7 Å². The topological polar surface area (TPSA) is 87.5 Å². The molecule has 3 amide bonds. The second-order valence-corrected chi connectivity index (χ2v) is 6.43. The molecule has 0 radical (unpaired) electrons. The number of nitrogens with two attached hydrogens (primary N) is 1. The molecule has 0 aromatic heterocycles. The highest BCUT2D eigenvalue weighted by molar-refractivity contribution is 5.99. The Morgan fingerprint density at radius 2 is 1.67 bits per heavy atom. The summed E-state index contributed by atoms with van der Waals surface area (Å²) >= 11 is 0. The Labute approximate surface area is 148 Å². The van der Waals surface area contributed by atoms with Crippen molar-refractivity contribution in [1.29, 1.82) is 0 Å². The summed E-state index contributed by atoms with van der Waals surface area (Å²) in [6.07, 6.45) is 4.55. The molecule has 1 saturated carbocycles. The van der Waals surface area contributed by atoms with Crippen molar-refractivity contribution in [1.82, 2.24) is 4.90 Å². The van der Waals surface area contributed by atoms with Crippen molar-refractivity contribution >= 4 is 35.7 Å². The van der Waals surface area contributed by atoms with Gasteiger partial charge in [0.25, 0.3) is 0 Å². The van der Waals surface area contributed by atoms with Gasteiger partial charge in [0, 0.05) is 25.0 Å². The molecule has 1 aromatic rings. The minimum absolute atomic E-state index is 0. The summed E-state index contributed by atoms with van der Waals surface area (Å²) in [6, 6.07) is 7.33. The highest BCUT2D eigenvalue weighted by Gasteiger charge is 2.28. The molecule has 2 aliphatic rings. The molecule has 1 aliphatic carbocycles. The molecule has 7 heteroatoms. The third kappa shape index (κ3) is 4.39. The number of benzene rings is 1. The molecule has 1 heterocycles. The van der Waals surface area contributed by atoms with Crippen LogP contribution in [-0.2, 0) is 4.79 Å². The van der Waals surface area contributed by atoms with E-state index in [9.17, 15) is 9.59 Å². The Bertz CT molecular complexity index is 590. The lowest BCUT2D eigenvalue weighted by Crippen LogP contribution is -2.32. The summed E-state index contributed by atoms with van der Waals surface area (Å²) in [7, 11) is 0. The third-order valence-electron chi connectivity index (χ3n) is 4.66. The van der Waals surface area contributed by atoms with Gasteiger partial charge in [-0.3, -0.25) is 4.79 Å². The summed E-state index contributed by atoms with van der Waals surface area (Å²) in [5.41, 5.74) is 7.16. The Morgan fingerprint density at radius 1 is 1.04 bits per heavy atom. The summed E-state index contributed by atoms with van der Waals surface area (Å²) < 4.78 is 0. The lowest BCUT2D eigenvalue weighted by atomic mass is 10.1. The van der Waals surface area contributed by atoms with Crippen molar-refractivity contribution in [3.63, 3.8) is 0 Å². The number of carbonyl (C=O) groups is 2. The molecule has 0 spiro atoms. The minimum Gasteiger partial charge on any atom is -0.328 e. The zero-order valence-electron chi connectivity index (χ0n) is 13.7. The number of nitrogens with zero attached hydrogens (tertiary/aromatic N) is 1. The van der Waals surface area contributed by atoms with E-state index in [0.29, 0.717) is 11.4 Å². The van der Waals surface area contributed by atoms with Gasteiger partial charge in [0.1, 0.15) is 0 Å². The van der Waals surface area contributed by atoms with Gasteiger partial charge in [-0.2, -0.15) is 0 Å². The molecular formula is C17H25ClN4O2. The van der Waals surface area contributed by atoms with Crippen molar-refractivity contribution in [3.8, 4) is 0 Å². The Morgan fingerprint density at radius 3 is 2.25 bits per heavy atom. The normalized spacial score (nSPS) is 22.8. The van der Waals surface area contributed by atoms with Gasteiger partial charge in [-0.05, 0) is 44.2 Å². The van der Waals surface area contributed by atoms with Crippen LogP contribution in [0.3, 0.4) is 0 Å². The van der Waals surface area contributed by atoms with Crippen LogP contribution in [0.25, 0.3) is 0 Å². The maximum atomic E-state index is 12.4. The number of amides is 3. The summed E-state index contributed by atoms with van der Waals surface area (Å²) in [4.78, 5) is 26.4. The second-order valence-electron chi connectivity index (χ2n) is 6.43. The number of nitrogens with one attached hydrogen (secondary N) is 2. The van der Waals surface area contributed by atoms with Crippen LogP contribution in [0, 0.1) is 5.92 Å². The monoisotopic (exact) mass is 352 g/mol. The molecule has 4 N–H and O–H groups in total. The van der Waals surface area contributed by atoms with Crippen molar-refractivity contribution in [2.24, 2.45) is 11.7 Å². The Hall–Kier alpha value is -1.79. The maximum absolute atomic E-state index is 12.4. The third-order valence-corrected chi connectivity index (χ3v) is 4.66. The number of likely N-dealkylation sites (tertiary alicyclic amines) is 1. The molecule has 132 valence electrons. The van der Waals surface area contributed by atoms with Crippen LogP contribution in [0.2, 0.25) is 0 Å². The summed E-state index contributed by atoms with van der Waals surface area (Å²) in [6.45, 7) is 1.58. The molecule has 2 atom stereocenters. The number of carbonyl (C=O) groups excluding carboxylic acids is 2. The van der Waals surface area contributed by atoms with Crippen LogP contribution < -0.4 is 16.4 Å². The number of urea groups is 1. The van der Waals surface area contributed by atoms with Crippen molar-refractivity contribution in [3.05, 3.63) is 24.3 Å². The SMILES string of the molecule is Cl.NC1CCC(C(=O)Nc2ccccc2NC(=O)N2CCCC2)C1. The molecule has 1 aliphatic heterocycles. The number of hydrogen-bond acceptors (Lipinski definition) is 3. The first kappa shape index (κ1) is 18.5. The lowest BCUT2D eigenvalue weighted by molar-refractivity contribution is -0.119. The van der Waals surface area contributed by atoms with Gasteiger partial charge in [-0.1, -0.05) is 12.1 Å². The van der Waals surface area contributed by atoms with E-state index < -0.39 is 0 Å². The first-order chi connectivity index (χ1) is 11.1. The molecule has 24 heavy (non-hydrogen) atoms. The van der Waals surface area contributed by atoms with E-state index in [2.05, 4.69) is 10.6 Å². The Balaban J connectivity index is 0.00000208. The van der Waals surface area contributed by atoms with Crippen molar-refractivity contribution < 1.29 is 9.59 Å². The zero-order chi connectivity index (χ0) is 16.2. The van der Waals surface area contributed by atoms with Crippen molar-refractivity contribution in [2.45, 2.75) is 38.1 Å². The van der Waals surface area contributed by atoms with E-state index >= 15 is 0 Å². The second kappa shape index (κ2) is 8.35. The first-order valence-electron chi connectivity index (χ1n) is 8.35. The Kier molecular flexibility index (Phi) is 6.45. The van der Waals surface area contributed by atoms with Crippen LogP contribution in [0.5, 0.6) is 0 Å². The number of para-hydroxylation sites is 2. The quantitative estimate of drug-likeness (QED) is 0.781. The van der Waals surface area contributed by atoms with Crippen LogP contribution in [0.1, 0.15) is 32.1 Å². The molecular weight excluding hydrogens is 328 g/mol. The number of halogens is 1. The average molecular weight is 353 g/mol. The predicted octanol–water partition coefficient (Wildman–Crippen LogP) is 2.80. The fraction of sp³-hybridized carbons (Fsp3) is 0.529. The number of rotatable bonds is 3. The number of hydrogen-bond donors (Lipinski definition) is 3. The largest absolute Gasteiger partial charge is 0.328 e. The smallest absolute Gasteiger partial charge is 0.321 e. The van der Waals surface area contributed by atoms with E-state index in [1.807, 2.05) is 24.3 Å². The van der Waals surface area contributed by atoms with Gasteiger partial charge in [-0.15, -0.1) is 12.4 Å². The van der Waals surface area contributed by atoms with Crippen LogP contribution in [0.15, 0.2) is 24.3 Å². The average Bonchev–Trinajstić information content (AvgIpc) is 3.20. The van der Waals surface area contributed by atoms with Gasteiger partial charge in [0.2, 0.25) is 5.91 Å². The van der Waals surface area contributed by atoms with Gasteiger partial charge >= 0.3 is 6.03 Å². The molecule has 6 nitrogen and oxygen atoms in total. The molecule has 1 saturated heterocycles. The van der Waals surface area contributed by atoms with E-state index in [4.69, 9.17) is 5.73 Å². The van der Waals surface area contributed by atoms with Gasteiger partial charge < -0.3 is 21.3 Å². The first-order valence-corrected chi connectivity index (χ1v) is 8.35. The molecule has 3 rings (SSSR count). The fourth-order valence-corrected chi connectivity index (χ4v) is 3.30. The summed E-state index contributed by atoms with van der Waals surface area (Å²) in [5.74, 6) is -0.0480. The van der Waals surface area contributed by atoms with E-state index in [0.717, 1.165) is 45.2 Å². The fourth-order valence-electron chi connectivity index (χ4n) is 3.30. The predicted molar refractivity (Wildman–Crippen MR) is 97.5 cm³/mol. The number of anilines is 2. The highest BCUT2D eigenvalue weighted by atomic mass is 35.5. The molecule has 2 unspecified atom stereocenters. The lowest BCUT2D eigenvalue weighted by Gasteiger charge is -2.19. The van der Waals surface area contributed by atoms with Gasteiger partial charge in [-0.25, -0.2) is 4.79 Å². The van der Waals surface area contributed by atoms with Crippen LogP contribution in [-0.4, -0.2) is 36.0 Å². The van der Waals surface area contributed by atoms with E-state index in [-0.39, 0.29) is 36.3 Å².